The number of carbonyl (C=O) groups is 3. The first-order chi connectivity index (χ1) is 21.0. The van der Waals surface area contributed by atoms with Gasteiger partial charge >= 0.3 is 0 Å². The molecule has 5 aromatic rings. The average molecular weight is 611 g/mol. The van der Waals surface area contributed by atoms with Crippen molar-refractivity contribution in [1.29, 1.82) is 0 Å². The lowest BCUT2D eigenvalue weighted by molar-refractivity contribution is 0.100. The molecule has 0 bridgehead atoms. The van der Waals surface area contributed by atoms with Gasteiger partial charge in [0.15, 0.2) is 17.3 Å². The first-order valence-electron chi connectivity index (χ1n) is 13.4. The molecule has 45 heavy (non-hydrogen) atoms. The van der Waals surface area contributed by atoms with Crippen LogP contribution in [0.4, 0.5) is 4.39 Å². The minimum atomic E-state index is -0.315. The third kappa shape index (κ3) is 12.2. The molecule has 2 N–H and O–H groups in total. The van der Waals surface area contributed by atoms with Gasteiger partial charge in [0, 0.05) is 16.7 Å². The molecular weight excluding hydrogens is 575 g/mol. The second kappa shape index (κ2) is 17.4. The number of aromatic hydroxyl groups is 2. The Morgan fingerprint density at radius 1 is 0.444 bits per heavy atom. The lowest BCUT2D eigenvalue weighted by atomic mass is 10.1. The third-order valence-corrected chi connectivity index (χ3v) is 5.92. The molecule has 0 saturated heterocycles. The number of hydrogen-bond donors (Lipinski definition) is 2. The van der Waals surface area contributed by atoms with Gasteiger partial charge in [0.2, 0.25) is 0 Å². The Hall–Kier alpha value is -5.76. The zero-order chi connectivity index (χ0) is 32.1. The maximum absolute atomic E-state index is 12.2. The fourth-order valence-electron chi connectivity index (χ4n) is 3.50. The van der Waals surface area contributed by atoms with Gasteiger partial charge in [-0.3, -0.25) is 14.4 Å². The largest absolute Gasteiger partial charge is 0.508 e. The lowest BCUT2D eigenvalue weighted by Crippen LogP contribution is -1.92. The first-order valence-corrected chi connectivity index (χ1v) is 13.4. The minimum absolute atomic E-state index is 0. The van der Waals surface area contributed by atoms with E-state index in [1.807, 2.05) is 0 Å². The summed E-state index contributed by atoms with van der Waals surface area (Å²) in [4.78, 5) is 33.2. The van der Waals surface area contributed by atoms with Crippen molar-refractivity contribution in [1.82, 2.24) is 0 Å². The molecule has 0 heterocycles. The summed E-state index contributed by atoms with van der Waals surface area (Å²) in [6.45, 7) is 4.51. The summed E-state index contributed by atoms with van der Waals surface area (Å²) in [5.74, 6) is 2.67. The predicted molar refractivity (Wildman–Crippen MR) is 172 cm³/mol. The molecular formula is C37H35FO7. The molecule has 232 valence electrons. The van der Waals surface area contributed by atoms with Gasteiger partial charge in [0.25, 0.3) is 0 Å². The van der Waals surface area contributed by atoms with Crippen LogP contribution in [0.1, 0.15) is 59.3 Å². The van der Waals surface area contributed by atoms with Crippen LogP contribution in [0.3, 0.4) is 0 Å². The zero-order valence-electron chi connectivity index (χ0n) is 24.4. The average Bonchev–Trinajstić information content (AvgIpc) is 3.01. The molecule has 0 unspecified atom stereocenters. The Bertz CT molecular complexity index is 1560. The molecule has 8 heteroatoms. The van der Waals surface area contributed by atoms with Crippen LogP contribution in [0.2, 0.25) is 0 Å². The maximum atomic E-state index is 12.2. The number of rotatable bonds is 7. The second-order valence-corrected chi connectivity index (χ2v) is 9.42. The topological polar surface area (TPSA) is 110 Å². The Morgan fingerprint density at radius 3 is 0.911 bits per heavy atom. The molecule has 0 aliphatic heterocycles. The standard InChI is InChI=1S/C22H18O4.C8H7FO.C6H6O2.CH4/c1-15(23)17-3-7-19(8-4-17)25-21-11-13-22(14-12-21)26-20-9-5-18(6-10-20)16(2)24;1-6(10)7-2-4-8(9)5-3-7;7-5-1-2-6(8)4-3-5;/h3-14H,1-2H3;2-5H,1H3;1-4,7-8H;1H4. The molecule has 0 amide bonds. The number of carbonyl (C=O) groups excluding carboxylic acids is 3. The van der Waals surface area contributed by atoms with Crippen LogP contribution in [-0.2, 0) is 0 Å². The van der Waals surface area contributed by atoms with Crippen molar-refractivity contribution in [2.75, 3.05) is 0 Å². The number of benzene rings is 5. The molecule has 0 aliphatic rings. The predicted octanol–water partition coefficient (Wildman–Crippen LogP) is 9.44. The molecule has 7 nitrogen and oxygen atoms in total. The lowest BCUT2D eigenvalue weighted by Gasteiger charge is -2.09. The fourth-order valence-corrected chi connectivity index (χ4v) is 3.50. The highest BCUT2D eigenvalue weighted by Crippen LogP contribution is 2.27. The van der Waals surface area contributed by atoms with Gasteiger partial charge in [0.1, 0.15) is 40.3 Å². The summed E-state index contributed by atoms with van der Waals surface area (Å²) in [7, 11) is 0. The van der Waals surface area contributed by atoms with Crippen LogP contribution < -0.4 is 9.47 Å². The van der Waals surface area contributed by atoms with Crippen molar-refractivity contribution < 1.29 is 38.5 Å². The van der Waals surface area contributed by atoms with Crippen molar-refractivity contribution in [3.8, 4) is 34.5 Å². The summed E-state index contributed by atoms with van der Waals surface area (Å²) in [5.41, 5.74) is 1.84. The van der Waals surface area contributed by atoms with Gasteiger partial charge < -0.3 is 19.7 Å². The molecule has 5 rings (SSSR count). The van der Waals surface area contributed by atoms with Gasteiger partial charge in [0.05, 0.1) is 0 Å². The number of halogens is 1. The fraction of sp³-hybridized carbons (Fsp3) is 0.108. The van der Waals surface area contributed by atoms with Crippen molar-refractivity contribution in [3.63, 3.8) is 0 Å². The van der Waals surface area contributed by atoms with Crippen LogP contribution in [0.25, 0.3) is 0 Å². The Kier molecular flexibility index (Phi) is 13.7. The van der Waals surface area contributed by atoms with Crippen molar-refractivity contribution in [2.24, 2.45) is 0 Å². The Morgan fingerprint density at radius 2 is 0.667 bits per heavy atom. The smallest absolute Gasteiger partial charge is 0.159 e. The Labute approximate surface area is 262 Å². The summed E-state index contributed by atoms with van der Waals surface area (Å²) in [5, 5.41) is 17.3. The highest BCUT2D eigenvalue weighted by molar-refractivity contribution is 5.95. The monoisotopic (exact) mass is 610 g/mol. The normalized spacial score (nSPS) is 9.60. The second-order valence-electron chi connectivity index (χ2n) is 9.42. The van der Waals surface area contributed by atoms with E-state index in [4.69, 9.17) is 19.7 Å². The van der Waals surface area contributed by atoms with Crippen LogP contribution >= 0.6 is 0 Å². The van der Waals surface area contributed by atoms with Crippen LogP contribution in [0.5, 0.6) is 34.5 Å². The SMILES string of the molecule is C.CC(=O)c1ccc(F)cc1.CC(=O)c1ccc(Oc2ccc(Oc3ccc(C(C)=O)cc3)cc2)cc1.Oc1ccc(O)cc1. The molecule has 0 spiro atoms. The van der Waals surface area contributed by atoms with Crippen molar-refractivity contribution >= 4 is 17.3 Å². The highest BCUT2D eigenvalue weighted by atomic mass is 19.1. The van der Waals surface area contributed by atoms with E-state index in [9.17, 15) is 18.8 Å². The van der Waals surface area contributed by atoms with E-state index >= 15 is 0 Å². The van der Waals surface area contributed by atoms with E-state index in [1.54, 1.807) is 72.8 Å². The molecule has 0 saturated carbocycles. The van der Waals surface area contributed by atoms with Gasteiger partial charge in [-0.25, -0.2) is 4.39 Å². The summed E-state index contributed by atoms with van der Waals surface area (Å²) < 4.78 is 23.8. The quantitative estimate of drug-likeness (QED) is 0.139. The molecule has 0 aromatic heterocycles. The molecule has 0 fully saturated rings. The van der Waals surface area contributed by atoms with Gasteiger partial charge in [-0.05, 0) is 142 Å². The summed E-state index contributed by atoms with van der Waals surface area (Å²) in [6, 6.07) is 32.4. The first kappa shape index (κ1) is 35.4. The van der Waals surface area contributed by atoms with Gasteiger partial charge in [-0.15, -0.1) is 0 Å². The van der Waals surface area contributed by atoms with E-state index in [1.165, 1.54) is 69.3 Å². The minimum Gasteiger partial charge on any atom is -0.508 e. The Balaban J connectivity index is 0.000000303. The number of phenols is 2. The summed E-state index contributed by atoms with van der Waals surface area (Å²) >= 11 is 0. The molecule has 0 radical (unpaired) electrons. The third-order valence-electron chi connectivity index (χ3n) is 5.92. The number of ether oxygens (including phenoxy) is 2. The van der Waals surface area contributed by atoms with E-state index in [-0.39, 0.29) is 42.1 Å². The van der Waals surface area contributed by atoms with E-state index in [0.29, 0.717) is 39.7 Å². The summed E-state index contributed by atoms with van der Waals surface area (Å²) in [6.07, 6.45) is 0. The van der Waals surface area contributed by atoms with Gasteiger partial charge in [-0.2, -0.15) is 0 Å². The maximum Gasteiger partial charge on any atom is 0.159 e. The van der Waals surface area contributed by atoms with Crippen LogP contribution in [0, 0.1) is 5.82 Å². The van der Waals surface area contributed by atoms with Crippen LogP contribution in [0.15, 0.2) is 121 Å². The van der Waals surface area contributed by atoms with E-state index < -0.39 is 0 Å². The number of phenolic OH excluding ortho intramolecular Hbond substituents is 2. The number of Topliss-reactive ketones (excluding diaryl/α,β-unsaturated/α-hetero) is 3. The van der Waals surface area contributed by atoms with E-state index in [0.717, 1.165) is 0 Å². The molecule has 0 aliphatic carbocycles. The van der Waals surface area contributed by atoms with Gasteiger partial charge in [-0.1, -0.05) is 7.43 Å². The zero-order valence-corrected chi connectivity index (χ0v) is 24.4. The molecule has 5 aromatic carbocycles. The number of ketones is 3. The van der Waals surface area contributed by atoms with Crippen LogP contribution in [-0.4, -0.2) is 27.6 Å². The molecule has 0 atom stereocenters. The van der Waals surface area contributed by atoms with Crippen molar-refractivity contribution in [2.45, 2.75) is 28.2 Å². The van der Waals surface area contributed by atoms with E-state index in [2.05, 4.69) is 0 Å². The highest BCUT2D eigenvalue weighted by Gasteiger charge is 2.04. The number of hydrogen-bond acceptors (Lipinski definition) is 7. The van der Waals surface area contributed by atoms with Crippen molar-refractivity contribution in [3.05, 3.63) is 144 Å².